The second-order valence-corrected chi connectivity index (χ2v) is 8.59. The summed E-state index contributed by atoms with van der Waals surface area (Å²) in [5.41, 5.74) is 0.733. The summed E-state index contributed by atoms with van der Waals surface area (Å²) in [6, 6.07) is 9.06. The number of piperazine rings is 1. The van der Waals surface area contributed by atoms with Crippen molar-refractivity contribution in [3.8, 4) is 5.75 Å². The molecule has 1 amide bonds. The lowest BCUT2D eigenvalue weighted by molar-refractivity contribution is -0.137. The number of nitrogens with two attached hydrogens (primary N) is 1. The Hall–Kier alpha value is -2.73. The highest BCUT2D eigenvalue weighted by molar-refractivity contribution is 7.76. The molecule has 170 valence electrons. The van der Waals surface area contributed by atoms with E-state index in [1.54, 1.807) is 30.6 Å². The van der Waals surface area contributed by atoms with Gasteiger partial charge in [0.2, 0.25) is 0 Å². The number of nitrogens with zero attached hydrogens (tertiary/aromatic N) is 4. The molecule has 10 nitrogen and oxygen atoms in total. The first kappa shape index (κ1) is 22.5. The lowest BCUT2D eigenvalue weighted by atomic mass is 10.1. The van der Waals surface area contributed by atoms with Crippen LogP contribution < -0.4 is 14.8 Å². The van der Waals surface area contributed by atoms with Gasteiger partial charge in [-0.1, -0.05) is 11.6 Å². The summed E-state index contributed by atoms with van der Waals surface area (Å²) in [4.78, 5) is 29.0. The third kappa shape index (κ3) is 5.01. The SMILES string of the molecule is NS(=O)[O-].O=C(COc1ccc(Cl)cc1)N1CCN(c2ncnc3[nH]ccc23)CC12CC2. The largest absolute Gasteiger partial charge is 0.760 e. The molecule has 1 aliphatic carbocycles. The van der Waals surface area contributed by atoms with Crippen LogP contribution in [-0.2, 0) is 16.1 Å². The number of H-pyrrole nitrogens is 1. The minimum absolute atomic E-state index is 0.0292. The van der Waals surface area contributed by atoms with Crippen molar-refractivity contribution < 1.29 is 18.3 Å². The van der Waals surface area contributed by atoms with E-state index in [-0.39, 0.29) is 18.1 Å². The highest BCUT2D eigenvalue weighted by Gasteiger charge is 2.53. The fraction of sp³-hybridized carbons (Fsp3) is 0.350. The first-order chi connectivity index (χ1) is 15.4. The maximum atomic E-state index is 12.8. The van der Waals surface area contributed by atoms with Crippen LogP contribution in [0.25, 0.3) is 11.0 Å². The van der Waals surface area contributed by atoms with Crippen molar-refractivity contribution in [1.29, 1.82) is 0 Å². The number of aromatic amines is 1. The third-order valence-corrected chi connectivity index (χ3v) is 5.84. The van der Waals surface area contributed by atoms with Crippen LogP contribution in [0.5, 0.6) is 5.75 Å². The zero-order chi connectivity index (χ0) is 22.7. The molecule has 1 atom stereocenters. The summed E-state index contributed by atoms with van der Waals surface area (Å²) < 4.78 is 23.2. The van der Waals surface area contributed by atoms with Crippen LogP contribution in [0, 0.1) is 0 Å². The van der Waals surface area contributed by atoms with Crippen molar-refractivity contribution in [2.75, 3.05) is 31.1 Å². The van der Waals surface area contributed by atoms with E-state index in [1.165, 1.54) is 0 Å². The van der Waals surface area contributed by atoms with Gasteiger partial charge in [-0.15, -0.1) is 0 Å². The number of anilines is 1. The van der Waals surface area contributed by atoms with E-state index in [0.29, 0.717) is 17.3 Å². The molecule has 1 aromatic carbocycles. The van der Waals surface area contributed by atoms with Crippen molar-refractivity contribution in [3.05, 3.63) is 47.9 Å². The van der Waals surface area contributed by atoms with Crippen LogP contribution in [0.15, 0.2) is 42.9 Å². The Morgan fingerprint density at radius 3 is 2.66 bits per heavy atom. The predicted molar refractivity (Wildman–Crippen MR) is 120 cm³/mol. The van der Waals surface area contributed by atoms with Gasteiger partial charge in [-0.3, -0.25) is 14.1 Å². The Morgan fingerprint density at radius 1 is 1.25 bits per heavy atom. The Kier molecular flexibility index (Phi) is 6.60. The molecule has 1 aliphatic heterocycles. The van der Waals surface area contributed by atoms with Crippen molar-refractivity contribution in [2.45, 2.75) is 18.4 Å². The molecule has 3 aromatic rings. The number of ether oxygens (including phenoxy) is 1. The number of hydrogen-bond donors (Lipinski definition) is 2. The van der Waals surface area contributed by atoms with Crippen molar-refractivity contribution in [3.63, 3.8) is 0 Å². The summed E-state index contributed by atoms with van der Waals surface area (Å²) in [5, 5.41) is 5.69. The first-order valence-electron chi connectivity index (χ1n) is 9.93. The van der Waals surface area contributed by atoms with Gasteiger partial charge in [-0.2, -0.15) is 0 Å². The smallest absolute Gasteiger partial charge is 0.261 e. The Labute approximate surface area is 192 Å². The van der Waals surface area contributed by atoms with E-state index >= 15 is 0 Å². The van der Waals surface area contributed by atoms with Gasteiger partial charge in [0.1, 0.15) is 23.5 Å². The van der Waals surface area contributed by atoms with E-state index in [9.17, 15) is 4.79 Å². The number of carbonyl (C=O) groups excluding carboxylic acids is 1. The highest BCUT2D eigenvalue weighted by Crippen LogP contribution is 2.45. The second kappa shape index (κ2) is 9.41. The van der Waals surface area contributed by atoms with E-state index in [4.69, 9.17) is 25.1 Å². The summed E-state index contributed by atoms with van der Waals surface area (Å²) in [7, 11) is 0. The third-order valence-electron chi connectivity index (χ3n) is 5.59. The molecule has 2 aromatic heterocycles. The van der Waals surface area contributed by atoms with Gasteiger partial charge in [0, 0.05) is 42.1 Å². The quantitative estimate of drug-likeness (QED) is 0.544. The number of benzene rings is 1. The average Bonchev–Trinajstić information content (AvgIpc) is 3.34. The van der Waals surface area contributed by atoms with E-state index in [0.717, 1.165) is 42.8 Å². The number of halogens is 1. The molecule has 2 aliphatic rings. The molecule has 2 fully saturated rings. The molecular weight excluding hydrogens is 456 g/mol. The number of rotatable bonds is 4. The van der Waals surface area contributed by atoms with E-state index in [2.05, 4.69) is 25.0 Å². The molecule has 0 radical (unpaired) electrons. The Morgan fingerprint density at radius 2 is 1.97 bits per heavy atom. The summed E-state index contributed by atoms with van der Waals surface area (Å²) in [6.45, 7) is 2.24. The summed E-state index contributed by atoms with van der Waals surface area (Å²) in [6.07, 6.45) is 5.49. The lowest BCUT2D eigenvalue weighted by Gasteiger charge is -2.42. The van der Waals surface area contributed by atoms with E-state index in [1.807, 2.05) is 17.2 Å². The van der Waals surface area contributed by atoms with Crippen LogP contribution in [0.4, 0.5) is 5.82 Å². The van der Waals surface area contributed by atoms with Gasteiger partial charge in [-0.05, 0) is 43.2 Å². The van der Waals surface area contributed by atoms with Gasteiger partial charge in [-0.25, -0.2) is 9.97 Å². The number of amides is 1. The molecule has 1 spiro atoms. The standard InChI is InChI=1S/C20H20ClN5O2.H3NO2S/c21-14-1-3-15(4-2-14)28-11-17(27)26-10-9-25(12-20(26)6-7-20)19-16-5-8-22-18(16)23-13-24-19;1-4(2)3/h1-5,8,13H,6-7,9-12H2,(H,22,23,24);1H2,(H,2,3)/p-1. The van der Waals surface area contributed by atoms with Gasteiger partial charge >= 0.3 is 0 Å². The average molecular weight is 478 g/mol. The number of fused-ring (bicyclic) bond motifs is 1. The van der Waals surface area contributed by atoms with E-state index < -0.39 is 11.3 Å². The molecule has 0 bridgehead atoms. The molecular formula is C20H22ClN6O4S-. The second-order valence-electron chi connectivity index (χ2n) is 7.63. The van der Waals surface area contributed by atoms with Gasteiger partial charge in [0.05, 0.1) is 10.9 Å². The fourth-order valence-electron chi connectivity index (χ4n) is 3.98. The maximum Gasteiger partial charge on any atom is 0.261 e. The Balaban J connectivity index is 0.000000567. The maximum absolute atomic E-state index is 12.8. The van der Waals surface area contributed by atoms with Gasteiger partial charge in [0.15, 0.2) is 6.61 Å². The molecule has 3 N–H and O–H groups in total. The van der Waals surface area contributed by atoms with Crippen LogP contribution in [0.3, 0.4) is 0 Å². The molecule has 12 heteroatoms. The van der Waals surface area contributed by atoms with Crippen LogP contribution in [0.1, 0.15) is 12.8 Å². The summed E-state index contributed by atoms with van der Waals surface area (Å²) >= 11 is 3.53. The van der Waals surface area contributed by atoms with Crippen molar-refractivity contribution in [1.82, 2.24) is 19.9 Å². The zero-order valence-corrected chi connectivity index (χ0v) is 18.6. The van der Waals surface area contributed by atoms with Crippen LogP contribution in [-0.4, -0.2) is 66.3 Å². The van der Waals surface area contributed by atoms with Gasteiger partial charge in [0.25, 0.3) is 5.91 Å². The van der Waals surface area contributed by atoms with Crippen molar-refractivity contribution in [2.24, 2.45) is 5.14 Å². The molecule has 5 rings (SSSR count). The zero-order valence-electron chi connectivity index (χ0n) is 17.1. The molecule has 32 heavy (non-hydrogen) atoms. The fourth-order valence-corrected chi connectivity index (χ4v) is 4.11. The van der Waals surface area contributed by atoms with Crippen LogP contribution in [0.2, 0.25) is 5.02 Å². The highest BCUT2D eigenvalue weighted by atomic mass is 35.5. The molecule has 1 saturated heterocycles. The minimum Gasteiger partial charge on any atom is -0.760 e. The normalized spacial score (nSPS) is 17.6. The number of nitrogens with one attached hydrogen (secondary N) is 1. The number of carbonyl (C=O) groups is 1. The number of aromatic nitrogens is 3. The Bertz CT molecular complexity index is 1120. The summed E-state index contributed by atoms with van der Waals surface area (Å²) in [5.74, 6) is 1.61. The molecule has 3 heterocycles. The molecule has 1 unspecified atom stereocenters. The monoisotopic (exact) mass is 477 g/mol. The lowest BCUT2D eigenvalue weighted by Crippen LogP contribution is -2.58. The van der Waals surface area contributed by atoms with Crippen molar-refractivity contribution >= 4 is 45.6 Å². The topological polar surface area (TPSA) is 140 Å². The molecule has 1 saturated carbocycles. The first-order valence-corrected chi connectivity index (χ1v) is 11.5. The van der Waals surface area contributed by atoms with Gasteiger partial charge < -0.3 is 24.1 Å². The minimum atomic E-state index is -2.36. The van der Waals surface area contributed by atoms with Crippen LogP contribution >= 0.6 is 11.6 Å². The number of hydrogen-bond acceptors (Lipinski definition) is 7. The predicted octanol–water partition coefficient (Wildman–Crippen LogP) is 1.61.